The van der Waals surface area contributed by atoms with Gasteiger partial charge in [-0.2, -0.15) is 0 Å². The predicted octanol–water partition coefficient (Wildman–Crippen LogP) is 3.67. The van der Waals surface area contributed by atoms with Crippen molar-refractivity contribution in [2.24, 2.45) is 5.92 Å². The summed E-state index contributed by atoms with van der Waals surface area (Å²) in [6, 6.07) is 15.2. The normalized spacial score (nSPS) is 16.9. The van der Waals surface area contributed by atoms with E-state index in [9.17, 15) is 14.7 Å². The van der Waals surface area contributed by atoms with Crippen LogP contribution in [0.2, 0.25) is 0 Å². The van der Waals surface area contributed by atoms with E-state index in [1.54, 1.807) is 61.8 Å². The minimum absolute atomic E-state index is 0.0481. The number of rotatable bonds is 9. The van der Waals surface area contributed by atoms with Crippen LogP contribution in [0.3, 0.4) is 0 Å². The van der Waals surface area contributed by atoms with E-state index in [0.29, 0.717) is 47.3 Å². The highest BCUT2D eigenvalue weighted by Crippen LogP contribution is 2.40. The first-order valence-electron chi connectivity index (χ1n) is 12.5. The van der Waals surface area contributed by atoms with Crippen molar-refractivity contribution in [3.8, 4) is 11.5 Å². The molecule has 1 aliphatic rings. The Balaban J connectivity index is 1.79. The number of benzene rings is 2. The highest BCUT2D eigenvalue weighted by Gasteiger charge is 2.44. The fraction of sp³-hybridized carbons (Fsp3) is 0.300. The minimum atomic E-state index is -0.820. The van der Waals surface area contributed by atoms with Crippen molar-refractivity contribution >= 4 is 17.4 Å². The smallest absolute Gasteiger partial charge is 0.295 e. The molecule has 1 atom stereocenters. The van der Waals surface area contributed by atoms with Crippen LogP contribution in [0.15, 0.2) is 72.6 Å². The monoisotopic (exact) mass is 500 g/mol. The molecular weight excluding hydrogens is 468 g/mol. The first-order chi connectivity index (χ1) is 17.8. The van der Waals surface area contributed by atoms with Gasteiger partial charge in [-0.25, -0.2) is 4.98 Å². The zero-order valence-corrected chi connectivity index (χ0v) is 21.6. The van der Waals surface area contributed by atoms with Gasteiger partial charge in [0.25, 0.3) is 5.91 Å². The zero-order chi connectivity index (χ0) is 26.5. The van der Waals surface area contributed by atoms with Crippen LogP contribution in [-0.2, 0) is 16.1 Å². The molecule has 7 nitrogen and oxygen atoms in total. The molecule has 1 unspecified atom stereocenters. The predicted molar refractivity (Wildman–Crippen MR) is 137 cm³/mol. The van der Waals surface area contributed by atoms with Crippen LogP contribution in [0, 0.1) is 12.8 Å². The van der Waals surface area contributed by atoms with Crippen molar-refractivity contribution in [2.75, 3.05) is 13.2 Å². The van der Waals surface area contributed by atoms with Crippen LogP contribution in [0.1, 0.15) is 49.1 Å². The van der Waals surface area contributed by atoms with Crippen molar-refractivity contribution < 1.29 is 29.2 Å². The molecule has 37 heavy (non-hydrogen) atoms. The van der Waals surface area contributed by atoms with E-state index in [2.05, 4.69) is 18.8 Å². The maximum Gasteiger partial charge on any atom is 0.295 e. The Kier molecular flexibility index (Phi) is 7.92. The lowest BCUT2D eigenvalue weighted by molar-refractivity contribution is -0.378. The molecule has 0 bridgehead atoms. The third-order valence-electron chi connectivity index (χ3n) is 6.19. The largest absolute Gasteiger partial charge is 0.872 e. The number of ketones is 1. The van der Waals surface area contributed by atoms with Crippen LogP contribution in [0.25, 0.3) is 5.76 Å². The zero-order valence-electron chi connectivity index (χ0n) is 21.6. The number of Topliss-reactive ketones (excluding diaryl/α,β-unsaturated/α-hetero) is 1. The van der Waals surface area contributed by atoms with Gasteiger partial charge in [0.1, 0.15) is 11.5 Å². The SMILES string of the molecule is CCOc1ccc(C2/C(=C(\[O-])c3ccc(OCC(C)C)cc3C)C(=O)C(=O)N2Cc2ccc[nH+]c2)cc1. The number of carbonyl (C=O) groups excluding carboxylic acids is 2. The Hall–Kier alpha value is -4.13. The van der Waals surface area contributed by atoms with Gasteiger partial charge in [0.2, 0.25) is 5.78 Å². The summed E-state index contributed by atoms with van der Waals surface area (Å²) in [5.41, 5.74) is 2.49. The Morgan fingerprint density at radius 2 is 1.78 bits per heavy atom. The molecule has 2 aromatic carbocycles. The van der Waals surface area contributed by atoms with Crippen LogP contribution >= 0.6 is 0 Å². The minimum Gasteiger partial charge on any atom is -0.872 e. The number of pyridine rings is 1. The number of ether oxygens (including phenoxy) is 2. The summed E-state index contributed by atoms with van der Waals surface area (Å²) in [6.07, 6.45) is 3.54. The number of amides is 1. The van der Waals surface area contributed by atoms with E-state index >= 15 is 0 Å². The molecule has 1 aliphatic heterocycles. The van der Waals surface area contributed by atoms with Crippen molar-refractivity contribution in [1.29, 1.82) is 0 Å². The van der Waals surface area contributed by atoms with E-state index in [-0.39, 0.29) is 12.1 Å². The number of aromatic amines is 1. The molecule has 4 rings (SSSR count). The Morgan fingerprint density at radius 1 is 1.05 bits per heavy atom. The average Bonchev–Trinajstić information content (AvgIpc) is 3.13. The van der Waals surface area contributed by atoms with Crippen molar-refractivity contribution in [3.05, 3.63) is 94.8 Å². The second-order valence-electron chi connectivity index (χ2n) is 9.50. The van der Waals surface area contributed by atoms with Crippen LogP contribution in [0.5, 0.6) is 11.5 Å². The maximum absolute atomic E-state index is 13.8. The van der Waals surface area contributed by atoms with E-state index in [1.165, 1.54) is 4.90 Å². The molecule has 1 N–H and O–H groups in total. The number of aryl methyl sites for hydroxylation is 1. The van der Waals surface area contributed by atoms with Gasteiger partial charge in [-0.05, 0) is 66.8 Å². The topological polar surface area (TPSA) is 93.0 Å². The van der Waals surface area contributed by atoms with Gasteiger partial charge < -0.3 is 19.5 Å². The first kappa shape index (κ1) is 25.9. The van der Waals surface area contributed by atoms with Gasteiger partial charge in [-0.15, -0.1) is 0 Å². The Bertz CT molecular complexity index is 1300. The maximum atomic E-state index is 13.8. The molecule has 1 aromatic heterocycles. The summed E-state index contributed by atoms with van der Waals surface area (Å²) in [7, 11) is 0. The van der Waals surface area contributed by atoms with Gasteiger partial charge in [-0.3, -0.25) is 9.59 Å². The number of carbonyl (C=O) groups is 2. The first-order valence-corrected chi connectivity index (χ1v) is 12.5. The quantitative estimate of drug-likeness (QED) is 0.254. The number of nitrogens with one attached hydrogen (secondary N) is 1. The number of nitrogens with zero attached hydrogens (tertiary/aromatic N) is 1. The number of hydrogen-bond acceptors (Lipinski definition) is 5. The molecule has 192 valence electrons. The Labute approximate surface area is 217 Å². The molecule has 0 aliphatic carbocycles. The molecule has 1 saturated heterocycles. The number of hydrogen-bond donors (Lipinski definition) is 0. The summed E-state index contributed by atoms with van der Waals surface area (Å²) in [5, 5.41) is 13.8. The Morgan fingerprint density at radius 3 is 2.41 bits per heavy atom. The summed E-state index contributed by atoms with van der Waals surface area (Å²) in [4.78, 5) is 31.0. The standard InChI is InChI=1S/C30H32N2O5/c1-5-36-23-10-8-22(9-11-23)27-26(29(34)30(35)32(27)17-21-7-6-14-31-16-21)28(33)25-13-12-24(15-20(25)4)37-18-19(2)3/h6-16,19,27,33H,5,17-18H2,1-4H3/b28-26+. The van der Waals surface area contributed by atoms with Gasteiger partial charge in [0.05, 0.1) is 25.8 Å². The molecular formula is C30H32N2O5. The highest BCUT2D eigenvalue weighted by atomic mass is 16.5. The highest BCUT2D eigenvalue weighted by molar-refractivity contribution is 6.46. The van der Waals surface area contributed by atoms with E-state index in [1.807, 2.05) is 19.1 Å². The molecule has 0 saturated carbocycles. The van der Waals surface area contributed by atoms with Crippen LogP contribution in [0.4, 0.5) is 0 Å². The van der Waals surface area contributed by atoms with Crippen molar-refractivity contribution in [1.82, 2.24) is 4.90 Å². The summed E-state index contributed by atoms with van der Waals surface area (Å²) >= 11 is 0. The summed E-state index contributed by atoms with van der Waals surface area (Å²) in [6.45, 7) is 9.07. The van der Waals surface area contributed by atoms with Crippen LogP contribution < -0.4 is 19.6 Å². The van der Waals surface area contributed by atoms with Crippen LogP contribution in [-0.4, -0.2) is 29.8 Å². The summed E-state index contributed by atoms with van der Waals surface area (Å²) < 4.78 is 11.3. The molecule has 2 heterocycles. The van der Waals surface area contributed by atoms with Gasteiger partial charge in [0.15, 0.2) is 12.4 Å². The van der Waals surface area contributed by atoms with E-state index in [0.717, 1.165) is 5.56 Å². The van der Waals surface area contributed by atoms with Crippen molar-refractivity contribution in [3.63, 3.8) is 0 Å². The van der Waals surface area contributed by atoms with Gasteiger partial charge >= 0.3 is 0 Å². The summed E-state index contributed by atoms with van der Waals surface area (Å²) in [5.74, 6) is -0.225. The van der Waals surface area contributed by atoms with E-state index < -0.39 is 23.5 Å². The van der Waals surface area contributed by atoms with E-state index in [4.69, 9.17) is 9.47 Å². The molecule has 7 heteroatoms. The fourth-order valence-electron chi connectivity index (χ4n) is 4.41. The third-order valence-corrected chi connectivity index (χ3v) is 6.19. The molecule has 0 spiro atoms. The fourth-order valence-corrected chi connectivity index (χ4v) is 4.41. The van der Waals surface area contributed by atoms with Crippen molar-refractivity contribution in [2.45, 2.75) is 40.3 Å². The lowest BCUT2D eigenvalue weighted by atomic mass is 9.93. The second kappa shape index (κ2) is 11.3. The van der Waals surface area contributed by atoms with Gasteiger partial charge in [-0.1, -0.05) is 37.8 Å². The average molecular weight is 501 g/mol. The second-order valence-corrected chi connectivity index (χ2v) is 9.50. The number of H-pyrrole nitrogens is 1. The number of likely N-dealkylation sites (tertiary alicyclic amines) is 1. The molecule has 1 fully saturated rings. The molecule has 1 amide bonds. The lowest BCUT2D eigenvalue weighted by Gasteiger charge is -2.28. The van der Waals surface area contributed by atoms with Gasteiger partial charge in [0, 0.05) is 17.2 Å². The molecule has 3 aromatic rings. The third kappa shape index (κ3) is 5.66. The number of aromatic nitrogens is 1. The lowest BCUT2D eigenvalue weighted by Crippen LogP contribution is -2.29. The molecule has 0 radical (unpaired) electrons.